The van der Waals surface area contributed by atoms with E-state index in [0.717, 1.165) is 22.1 Å². The van der Waals surface area contributed by atoms with Crippen molar-refractivity contribution in [1.29, 1.82) is 0 Å². The van der Waals surface area contributed by atoms with Crippen LogP contribution in [0.1, 0.15) is 12.5 Å². The Balaban J connectivity index is 1.56. The normalized spacial score (nSPS) is 11.8. The summed E-state index contributed by atoms with van der Waals surface area (Å²) >= 11 is 2.95. The van der Waals surface area contributed by atoms with Crippen molar-refractivity contribution >= 4 is 34.1 Å². The Hall–Kier alpha value is -2.38. The molecule has 0 unspecified atom stereocenters. The first-order chi connectivity index (χ1) is 12.7. The number of anilines is 1. The average molecular weight is 386 g/mol. The van der Waals surface area contributed by atoms with Crippen molar-refractivity contribution < 1.29 is 9.53 Å². The lowest BCUT2D eigenvalue weighted by atomic mass is 10.2. The van der Waals surface area contributed by atoms with Crippen LogP contribution in [0, 0.1) is 0 Å². The van der Waals surface area contributed by atoms with E-state index in [2.05, 4.69) is 27.6 Å². The van der Waals surface area contributed by atoms with Crippen LogP contribution in [0.3, 0.4) is 0 Å². The third-order valence-corrected chi connectivity index (χ3v) is 5.81. The lowest BCUT2D eigenvalue weighted by molar-refractivity contribution is -0.115. The van der Waals surface area contributed by atoms with Gasteiger partial charge in [-0.3, -0.25) is 10.1 Å². The molecule has 0 bridgehead atoms. The van der Waals surface area contributed by atoms with Crippen molar-refractivity contribution in [2.24, 2.45) is 0 Å². The third-order valence-electron chi connectivity index (χ3n) is 3.70. The molecular weight excluding hydrogens is 366 g/mol. The van der Waals surface area contributed by atoms with Crippen molar-refractivity contribution in [1.82, 2.24) is 10.2 Å². The predicted octanol–water partition coefficient (Wildman–Crippen LogP) is 4.47. The van der Waals surface area contributed by atoms with Gasteiger partial charge in [-0.15, -0.1) is 22.0 Å². The Morgan fingerprint density at radius 3 is 2.58 bits per heavy atom. The minimum Gasteiger partial charge on any atom is -0.497 e. The van der Waals surface area contributed by atoms with Crippen molar-refractivity contribution in [3.63, 3.8) is 0 Å². The maximum Gasteiger partial charge on any atom is 0.239 e. The summed E-state index contributed by atoms with van der Waals surface area (Å²) in [5, 5.41) is 12.2. The van der Waals surface area contributed by atoms with E-state index in [1.165, 1.54) is 16.9 Å². The SMILES string of the molecule is COc1ccc(-c2nnc(NC(=O)[C@@H](C)SCc3ccccc3)s2)cc1. The van der Waals surface area contributed by atoms with Crippen LogP contribution in [0.5, 0.6) is 5.75 Å². The van der Waals surface area contributed by atoms with Gasteiger partial charge in [0.15, 0.2) is 0 Å². The van der Waals surface area contributed by atoms with Gasteiger partial charge in [-0.1, -0.05) is 41.7 Å². The molecule has 134 valence electrons. The molecule has 0 saturated heterocycles. The fourth-order valence-corrected chi connectivity index (χ4v) is 3.80. The highest BCUT2D eigenvalue weighted by molar-refractivity contribution is 7.99. The molecule has 1 amide bonds. The molecule has 3 aromatic rings. The summed E-state index contributed by atoms with van der Waals surface area (Å²) in [6, 6.07) is 17.7. The summed E-state index contributed by atoms with van der Waals surface area (Å²) in [6.45, 7) is 1.90. The van der Waals surface area contributed by atoms with Gasteiger partial charge >= 0.3 is 0 Å². The summed E-state index contributed by atoms with van der Waals surface area (Å²) in [6.07, 6.45) is 0. The van der Waals surface area contributed by atoms with E-state index in [1.54, 1.807) is 18.9 Å². The van der Waals surface area contributed by atoms with Crippen LogP contribution >= 0.6 is 23.1 Å². The van der Waals surface area contributed by atoms with Crippen LogP contribution in [0.15, 0.2) is 54.6 Å². The number of rotatable bonds is 7. The zero-order chi connectivity index (χ0) is 18.4. The monoisotopic (exact) mass is 385 g/mol. The predicted molar refractivity (Wildman–Crippen MR) is 108 cm³/mol. The first-order valence-corrected chi connectivity index (χ1v) is 9.96. The molecule has 5 nitrogen and oxygen atoms in total. The number of benzene rings is 2. The van der Waals surface area contributed by atoms with Gasteiger partial charge in [0.2, 0.25) is 11.0 Å². The lowest BCUT2D eigenvalue weighted by Gasteiger charge is -2.10. The Labute approximate surface area is 160 Å². The largest absolute Gasteiger partial charge is 0.497 e. The molecule has 2 aromatic carbocycles. The van der Waals surface area contributed by atoms with Gasteiger partial charge < -0.3 is 4.74 Å². The maximum absolute atomic E-state index is 12.4. The molecule has 0 saturated carbocycles. The van der Waals surface area contributed by atoms with E-state index in [4.69, 9.17) is 4.74 Å². The summed E-state index contributed by atoms with van der Waals surface area (Å²) in [5.74, 6) is 1.52. The smallest absolute Gasteiger partial charge is 0.239 e. The van der Waals surface area contributed by atoms with E-state index in [0.29, 0.717) is 5.13 Å². The zero-order valence-electron chi connectivity index (χ0n) is 14.5. The van der Waals surface area contributed by atoms with Gasteiger partial charge in [-0.05, 0) is 36.8 Å². The number of nitrogens with zero attached hydrogens (tertiary/aromatic N) is 2. The lowest BCUT2D eigenvalue weighted by Crippen LogP contribution is -2.22. The number of carbonyl (C=O) groups excluding carboxylic acids is 1. The molecule has 0 aliphatic heterocycles. The molecule has 0 aliphatic carbocycles. The topological polar surface area (TPSA) is 64.1 Å². The highest BCUT2D eigenvalue weighted by Gasteiger charge is 2.16. The van der Waals surface area contributed by atoms with Crippen LogP contribution in [0.25, 0.3) is 10.6 Å². The van der Waals surface area contributed by atoms with E-state index < -0.39 is 0 Å². The molecule has 0 radical (unpaired) electrons. The van der Waals surface area contributed by atoms with Crippen LogP contribution in [-0.2, 0) is 10.5 Å². The van der Waals surface area contributed by atoms with Crippen LogP contribution in [-0.4, -0.2) is 28.5 Å². The van der Waals surface area contributed by atoms with E-state index in [9.17, 15) is 4.79 Å². The Morgan fingerprint density at radius 2 is 1.88 bits per heavy atom. The molecule has 0 aliphatic rings. The number of methoxy groups -OCH3 is 1. The fourth-order valence-electron chi connectivity index (χ4n) is 2.20. The third kappa shape index (κ3) is 4.83. The first kappa shape index (κ1) is 18.4. The number of aromatic nitrogens is 2. The van der Waals surface area contributed by atoms with Crippen molar-refractivity contribution in [2.75, 3.05) is 12.4 Å². The quantitative estimate of drug-likeness (QED) is 0.650. The summed E-state index contributed by atoms with van der Waals surface area (Å²) in [5.41, 5.74) is 2.14. The molecule has 7 heteroatoms. The van der Waals surface area contributed by atoms with E-state index >= 15 is 0 Å². The highest BCUT2D eigenvalue weighted by Crippen LogP contribution is 2.28. The van der Waals surface area contributed by atoms with E-state index in [-0.39, 0.29) is 11.2 Å². The second-order valence-corrected chi connectivity index (χ2v) is 7.88. The van der Waals surface area contributed by atoms with Crippen molar-refractivity contribution in [3.05, 3.63) is 60.2 Å². The molecule has 3 rings (SSSR count). The van der Waals surface area contributed by atoms with Gasteiger partial charge in [0, 0.05) is 11.3 Å². The second-order valence-electron chi connectivity index (χ2n) is 5.57. The van der Waals surface area contributed by atoms with Crippen molar-refractivity contribution in [3.8, 4) is 16.3 Å². The number of carbonyl (C=O) groups is 1. The summed E-state index contributed by atoms with van der Waals surface area (Å²) in [7, 11) is 1.63. The summed E-state index contributed by atoms with van der Waals surface area (Å²) in [4.78, 5) is 12.4. The maximum atomic E-state index is 12.4. The molecule has 1 atom stereocenters. The van der Waals surface area contributed by atoms with Gasteiger partial charge in [-0.2, -0.15) is 0 Å². The number of ether oxygens (including phenoxy) is 1. The minimum absolute atomic E-state index is 0.0663. The molecular formula is C19H19N3O2S2. The fraction of sp³-hybridized carbons (Fsp3) is 0.211. The van der Waals surface area contributed by atoms with Crippen LogP contribution in [0.2, 0.25) is 0 Å². The van der Waals surface area contributed by atoms with Crippen LogP contribution in [0.4, 0.5) is 5.13 Å². The van der Waals surface area contributed by atoms with Gasteiger partial charge in [-0.25, -0.2) is 0 Å². The standard InChI is InChI=1S/C19H19N3O2S2/c1-13(25-12-14-6-4-3-5-7-14)17(23)20-19-22-21-18(26-19)15-8-10-16(24-2)11-9-15/h3-11,13H,12H2,1-2H3,(H,20,22,23)/t13-/m1/s1. The molecule has 1 N–H and O–H groups in total. The van der Waals surface area contributed by atoms with Crippen molar-refractivity contribution in [2.45, 2.75) is 17.9 Å². The summed E-state index contributed by atoms with van der Waals surface area (Å²) < 4.78 is 5.15. The Morgan fingerprint density at radius 1 is 1.15 bits per heavy atom. The average Bonchev–Trinajstić information content (AvgIpc) is 3.15. The molecule has 26 heavy (non-hydrogen) atoms. The molecule has 0 fully saturated rings. The van der Waals surface area contributed by atoms with Crippen LogP contribution < -0.4 is 10.1 Å². The van der Waals surface area contributed by atoms with Gasteiger partial charge in [0.1, 0.15) is 10.8 Å². The zero-order valence-corrected chi connectivity index (χ0v) is 16.1. The molecule has 0 spiro atoms. The number of thioether (sulfide) groups is 1. The number of amides is 1. The minimum atomic E-state index is -0.177. The van der Waals surface area contributed by atoms with Gasteiger partial charge in [0.05, 0.1) is 12.4 Å². The Kier molecular flexibility index (Phi) is 6.25. The molecule has 1 heterocycles. The highest BCUT2D eigenvalue weighted by atomic mass is 32.2. The Bertz CT molecular complexity index is 851. The second kappa shape index (κ2) is 8.82. The van der Waals surface area contributed by atoms with E-state index in [1.807, 2.05) is 49.4 Å². The number of hydrogen-bond acceptors (Lipinski definition) is 6. The number of nitrogens with one attached hydrogen (secondary N) is 1. The molecule has 1 aromatic heterocycles. The first-order valence-electron chi connectivity index (χ1n) is 8.10. The number of hydrogen-bond donors (Lipinski definition) is 1. The van der Waals surface area contributed by atoms with Gasteiger partial charge in [0.25, 0.3) is 0 Å².